The average molecular weight is 324 g/mol. The number of amides is 1. The molecule has 0 N–H and O–H groups in total. The molecule has 24 heavy (non-hydrogen) atoms. The summed E-state index contributed by atoms with van der Waals surface area (Å²) in [5.74, 6) is 2.43. The normalized spacial score (nSPS) is 20.5. The van der Waals surface area contributed by atoms with Gasteiger partial charge in [-0.05, 0) is 37.7 Å². The molecule has 1 unspecified atom stereocenters. The number of aromatic nitrogens is 3. The van der Waals surface area contributed by atoms with E-state index >= 15 is 0 Å². The molecule has 1 amide bonds. The van der Waals surface area contributed by atoms with Gasteiger partial charge in [-0.2, -0.15) is 5.10 Å². The number of benzene rings is 1. The van der Waals surface area contributed by atoms with Crippen molar-refractivity contribution >= 4 is 5.91 Å². The zero-order valence-corrected chi connectivity index (χ0v) is 14.2. The van der Waals surface area contributed by atoms with Crippen LogP contribution in [-0.4, -0.2) is 38.2 Å². The van der Waals surface area contributed by atoms with E-state index in [2.05, 4.69) is 39.2 Å². The van der Waals surface area contributed by atoms with Crippen molar-refractivity contribution in [1.29, 1.82) is 0 Å². The Morgan fingerprint density at radius 1 is 1.21 bits per heavy atom. The maximum absolute atomic E-state index is 12.8. The van der Waals surface area contributed by atoms with E-state index in [-0.39, 0.29) is 5.91 Å². The van der Waals surface area contributed by atoms with Crippen molar-refractivity contribution in [2.24, 2.45) is 7.05 Å². The lowest BCUT2D eigenvalue weighted by molar-refractivity contribution is -0.131. The van der Waals surface area contributed by atoms with E-state index in [0.717, 1.165) is 37.5 Å². The van der Waals surface area contributed by atoms with Crippen LogP contribution in [-0.2, 0) is 24.7 Å². The third-order valence-electron chi connectivity index (χ3n) is 5.13. The number of aryl methyl sites for hydroxylation is 1. The predicted octanol–water partition coefficient (Wildman–Crippen LogP) is 2.47. The molecule has 2 aromatic rings. The van der Waals surface area contributed by atoms with Crippen LogP contribution in [0.15, 0.2) is 30.3 Å². The summed E-state index contributed by atoms with van der Waals surface area (Å²) in [5.41, 5.74) is 1.30. The lowest BCUT2D eigenvalue weighted by atomic mass is 10.0. The van der Waals surface area contributed by atoms with Gasteiger partial charge in [0, 0.05) is 25.6 Å². The molecule has 5 heteroatoms. The molecule has 1 saturated heterocycles. The van der Waals surface area contributed by atoms with Crippen molar-refractivity contribution in [2.75, 3.05) is 6.54 Å². The highest BCUT2D eigenvalue weighted by Crippen LogP contribution is 2.38. The quantitative estimate of drug-likeness (QED) is 0.849. The lowest BCUT2D eigenvalue weighted by Gasteiger charge is -2.24. The number of hydrogen-bond acceptors (Lipinski definition) is 3. The first-order valence-corrected chi connectivity index (χ1v) is 8.94. The first-order chi connectivity index (χ1) is 11.7. The molecule has 1 atom stereocenters. The molecule has 0 spiro atoms. The third-order valence-corrected chi connectivity index (χ3v) is 5.13. The Morgan fingerprint density at radius 3 is 2.75 bits per heavy atom. The molecule has 2 fully saturated rings. The van der Waals surface area contributed by atoms with Crippen LogP contribution in [0, 0.1) is 0 Å². The van der Waals surface area contributed by atoms with Gasteiger partial charge in [0.1, 0.15) is 5.82 Å². The van der Waals surface area contributed by atoms with Crippen molar-refractivity contribution in [3.8, 4) is 0 Å². The minimum absolute atomic E-state index is 0.186. The largest absolute Gasteiger partial charge is 0.339 e. The minimum Gasteiger partial charge on any atom is -0.339 e. The van der Waals surface area contributed by atoms with Crippen LogP contribution in [0.3, 0.4) is 0 Å². The second kappa shape index (κ2) is 6.38. The highest BCUT2D eigenvalue weighted by molar-refractivity contribution is 5.78. The van der Waals surface area contributed by atoms with E-state index in [9.17, 15) is 4.79 Å². The molecule has 126 valence electrons. The molecule has 4 rings (SSSR count). The molecular weight excluding hydrogens is 300 g/mol. The van der Waals surface area contributed by atoms with Crippen molar-refractivity contribution in [3.05, 3.63) is 47.5 Å². The fourth-order valence-corrected chi connectivity index (χ4v) is 3.61. The van der Waals surface area contributed by atoms with Gasteiger partial charge in [-0.1, -0.05) is 30.3 Å². The molecule has 2 heterocycles. The number of nitrogens with zero attached hydrogens (tertiary/aromatic N) is 4. The maximum Gasteiger partial charge on any atom is 0.230 e. The first-order valence-electron chi connectivity index (χ1n) is 8.94. The summed E-state index contributed by atoms with van der Waals surface area (Å²) < 4.78 is 1.79. The van der Waals surface area contributed by atoms with Crippen molar-refractivity contribution in [3.63, 3.8) is 0 Å². The molecule has 1 aliphatic heterocycles. The van der Waals surface area contributed by atoms with Gasteiger partial charge >= 0.3 is 0 Å². The fraction of sp³-hybridized carbons (Fsp3) is 0.526. The molecular formula is C19H24N4O. The van der Waals surface area contributed by atoms with E-state index < -0.39 is 0 Å². The van der Waals surface area contributed by atoms with E-state index in [1.807, 2.05) is 13.1 Å². The molecule has 1 aliphatic carbocycles. The zero-order valence-electron chi connectivity index (χ0n) is 14.2. The monoisotopic (exact) mass is 324 g/mol. The third kappa shape index (κ3) is 3.21. The number of rotatable bonds is 5. The Kier molecular flexibility index (Phi) is 4.08. The summed E-state index contributed by atoms with van der Waals surface area (Å²) in [6.07, 6.45) is 5.85. The summed E-state index contributed by atoms with van der Waals surface area (Å²) in [6.45, 7) is 0.865. The summed E-state index contributed by atoms with van der Waals surface area (Å²) in [4.78, 5) is 19.5. The van der Waals surface area contributed by atoms with Gasteiger partial charge in [-0.25, -0.2) is 4.98 Å². The van der Waals surface area contributed by atoms with Crippen LogP contribution >= 0.6 is 0 Å². The second-order valence-corrected chi connectivity index (χ2v) is 7.03. The molecule has 0 radical (unpaired) electrons. The number of carbonyl (C=O) groups is 1. The summed E-state index contributed by atoms with van der Waals surface area (Å²) in [5, 5.41) is 4.47. The van der Waals surface area contributed by atoms with Gasteiger partial charge in [-0.3, -0.25) is 9.48 Å². The van der Waals surface area contributed by atoms with Gasteiger partial charge in [0.25, 0.3) is 0 Å². The van der Waals surface area contributed by atoms with Crippen LogP contribution < -0.4 is 0 Å². The summed E-state index contributed by atoms with van der Waals surface area (Å²) >= 11 is 0. The van der Waals surface area contributed by atoms with Gasteiger partial charge < -0.3 is 4.90 Å². The van der Waals surface area contributed by atoms with Crippen LogP contribution in [0.4, 0.5) is 0 Å². The Labute approximate surface area is 142 Å². The Balaban J connectivity index is 1.43. The Bertz CT molecular complexity index is 720. The van der Waals surface area contributed by atoms with Crippen LogP contribution in [0.25, 0.3) is 0 Å². The first kappa shape index (κ1) is 15.4. The number of hydrogen-bond donors (Lipinski definition) is 0. The van der Waals surface area contributed by atoms with Gasteiger partial charge in [0.2, 0.25) is 5.91 Å². The fourth-order valence-electron chi connectivity index (χ4n) is 3.61. The number of carbonyl (C=O) groups excluding carboxylic acids is 1. The van der Waals surface area contributed by atoms with Gasteiger partial charge in [0.05, 0.1) is 6.42 Å². The van der Waals surface area contributed by atoms with Gasteiger partial charge in [-0.15, -0.1) is 0 Å². The highest BCUT2D eigenvalue weighted by Gasteiger charge is 2.31. The number of likely N-dealkylation sites (tertiary alicyclic amines) is 1. The van der Waals surface area contributed by atoms with Crippen LogP contribution in [0.1, 0.15) is 48.8 Å². The van der Waals surface area contributed by atoms with E-state index in [0.29, 0.717) is 18.4 Å². The van der Waals surface area contributed by atoms with Crippen molar-refractivity contribution in [2.45, 2.75) is 50.5 Å². The standard InChI is InChI=1S/C19H24N4O/c1-22-17(20-19(21-22)15-9-10-15)13-18(24)23-11-5-8-16(23)12-14-6-3-2-4-7-14/h2-4,6-7,15-16H,5,8-13H2,1H3. The second-order valence-electron chi connectivity index (χ2n) is 7.03. The molecule has 1 aromatic carbocycles. The Morgan fingerprint density at radius 2 is 2.00 bits per heavy atom. The topological polar surface area (TPSA) is 51.0 Å². The van der Waals surface area contributed by atoms with Crippen molar-refractivity contribution in [1.82, 2.24) is 19.7 Å². The zero-order chi connectivity index (χ0) is 16.5. The molecule has 1 aromatic heterocycles. The van der Waals surface area contributed by atoms with Crippen LogP contribution in [0.5, 0.6) is 0 Å². The minimum atomic E-state index is 0.186. The van der Waals surface area contributed by atoms with E-state index in [4.69, 9.17) is 0 Å². The molecule has 0 bridgehead atoms. The van der Waals surface area contributed by atoms with Gasteiger partial charge in [0.15, 0.2) is 5.82 Å². The SMILES string of the molecule is Cn1nc(C2CC2)nc1CC(=O)N1CCCC1Cc1ccccc1. The highest BCUT2D eigenvalue weighted by atomic mass is 16.2. The maximum atomic E-state index is 12.8. The molecule has 5 nitrogen and oxygen atoms in total. The smallest absolute Gasteiger partial charge is 0.230 e. The summed E-state index contributed by atoms with van der Waals surface area (Å²) in [6, 6.07) is 10.8. The van der Waals surface area contributed by atoms with Crippen molar-refractivity contribution < 1.29 is 4.79 Å². The molecule has 1 saturated carbocycles. The Hall–Kier alpha value is -2.17. The molecule has 2 aliphatic rings. The summed E-state index contributed by atoms with van der Waals surface area (Å²) in [7, 11) is 1.90. The van der Waals surface area contributed by atoms with E-state index in [1.165, 1.54) is 18.4 Å². The lowest BCUT2D eigenvalue weighted by Crippen LogP contribution is -2.38. The van der Waals surface area contributed by atoms with Crippen LogP contribution in [0.2, 0.25) is 0 Å². The predicted molar refractivity (Wildman–Crippen MR) is 91.6 cm³/mol. The van der Waals surface area contributed by atoms with E-state index in [1.54, 1.807) is 4.68 Å². The average Bonchev–Trinajstić information content (AvgIpc) is 3.23.